The molecule has 0 amide bonds. The molecule has 0 bridgehead atoms. The number of ketones is 1. The van der Waals surface area contributed by atoms with Crippen molar-refractivity contribution in [2.24, 2.45) is 18.9 Å². The first-order chi connectivity index (χ1) is 15.5. The van der Waals surface area contributed by atoms with Gasteiger partial charge in [-0.05, 0) is 67.7 Å². The average molecular weight is 432 g/mol. The Balaban J connectivity index is 1.44. The molecule has 0 N–H and O–H groups in total. The highest BCUT2D eigenvalue weighted by atomic mass is 16.5. The van der Waals surface area contributed by atoms with Gasteiger partial charge in [-0.15, -0.1) is 0 Å². The summed E-state index contributed by atoms with van der Waals surface area (Å²) in [5.41, 5.74) is 5.14. The van der Waals surface area contributed by atoms with Gasteiger partial charge in [0.1, 0.15) is 5.78 Å². The zero-order valence-corrected chi connectivity index (χ0v) is 19.3. The molecular weight excluding hydrogens is 398 g/mol. The van der Waals surface area contributed by atoms with Gasteiger partial charge >= 0.3 is 0 Å². The SMILES string of the molecule is COCC[C@@H]1C[C@@H](CC(=O)Cc2cc(-c3ccc(C)nc3)nn2C)[C@H](c2ccccc2)C1. The summed E-state index contributed by atoms with van der Waals surface area (Å²) in [6, 6.07) is 16.7. The fraction of sp³-hybridized carbons (Fsp3) is 0.444. The minimum Gasteiger partial charge on any atom is -0.385 e. The molecule has 5 heteroatoms. The minimum atomic E-state index is 0.292. The van der Waals surface area contributed by atoms with Crippen molar-refractivity contribution < 1.29 is 9.53 Å². The third kappa shape index (κ3) is 5.33. The van der Waals surface area contributed by atoms with Crippen molar-refractivity contribution in [2.45, 2.75) is 44.9 Å². The summed E-state index contributed by atoms with van der Waals surface area (Å²) in [6.07, 6.45) is 6.19. The fourth-order valence-electron chi connectivity index (χ4n) is 5.09. The molecule has 1 aromatic carbocycles. The molecule has 0 saturated heterocycles. The zero-order chi connectivity index (χ0) is 22.5. The number of carbonyl (C=O) groups excluding carboxylic acids is 1. The molecule has 4 rings (SSSR count). The Morgan fingerprint density at radius 3 is 2.69 bits per heavy atom. The average Bonchev–Trinajstić information content (AvgIpc) is 3.36. The number of aromatic nitrogens is 3. The van der Waals surface area contributed by atoms with Gasteiger partial charge in [-0.3, -0.25) is 14.5 Å². The maximum Gasteiger partial charge on any atom is 0.139 e. The maximum atomic E-state index is 13.1. The van der Waals surface area contributed by atoms with E-state index in [2.05, 4.69) is 40.4 Å². The van der Waals surface area contributed by atoms with Crippen LogP contribution in [0.15, 0.2) is 54.7 Å². The topological polar surface area (TPSA) is 57.0 Å². The first-order valence-corrected chi connectivity index (χ1v) is 11.5. The van der Waals surface area contributed by atoms with Crippen molar-refractivity contribution in [2.75, 3.05) is 13.7 Å². The maximum absolute atomic E-state index is 13.1. The van der Waals surface area contributed by atoms with E-state index in [4.69, 9.17) is 4.74 Å². The smallest absolute Gasteiger partial charge is 0.139 e. The molecule has 1 aliphatic carbocycles. The number of methoxy groups -OCH3 is 1. The second kappa shape index (κ2) is 10.2. The number of hydrogen-bond acceptors (Lipinski definition) is 4. The van der Waals surface area contributed by atoms with E-state index in [1.165, 1.54) is 5.56 Å². The van der Waals surface area contributed by atoms with Crippen LogP contribution in [0.3, 0.4) is 0 Å². The molecule has 32 heavy (non-hydrogen) atoms. The number of benzene rings is 1. The molecule has 0 spiro atoms. The van der Waals surface area contributed by atoms with Crippen molar-refractivity contribution in [1.82, 2.24) is 14.8 Å². The molecule has 1 aliphatic rings. The largest absolute Gasteiger partial charge is 0.385 e. The molecule has 1 saturated carbocycles. The number of carbonyl (C=O) groups is 1. The molecule has 3 aromatic rings. The highest BCUT2D eigenvalue weighted by Crippen LogP contribution is 2.46. The van der Waals surface area contributed by atoms with Crippen LogP contribution in [0.4, 0.5) is 0 Å². The van der Waals surface area contributed by atoms with Crippen molar-refractivity contribution >= 4 is 5.78 Å². The van der Waals surface area contributed by atoms with Crippen LogP contribution in [0.1, 0.15) is 48.6 Å². The monoisotopic (exact) mass is 431 g/mol. The minimum absolute atomic E-state index is 0.292. The lowest BCUT2D eigenvalue weighted by Gasteiger charge is -2.19. The van der Waals surface area contributed by atoms with Crippen LogP contribution >= 0.6 is 0 Å². The van der Waals surface area contributed by atoms with Gasteiger partial charge in [-0.25, -0.2) is 0 Å². The lowest BCUT2D eigenvalue weighted by atomic mass is 9.85. The Bertz CT molecular complexity index is 1030. The van der Waals surface area contributed by atoms with Crippen LogP contribution in [0, 0.1) is 18.8 Å². The number of nitrogens with zero attached hydrogens (tertiary/aromatic N) is 3. The van der Waals surface area contributed by atoms with Gasteiger partial charge in [0.2, 0.25) is 0 Å². The van der Waals surface area contributed by atoms with Gasteiger partial charge in [0.15, 0.2) is 0 Å². The fourth-order valence-corrected chi connectivity index (χ4v) is 5.09. The summed E-state index contributed by atoms with van der Waals surface area (Å²) in [5, 5.41) is 4.61. The van der Waals surface area contributed by atoms with Crippen LogP contribution < -0.4 is 0 Å². The van der Waals surface area contributed by atoms with Crippen LogP contribution in [0.5, 0.6) is 0 Å². The molecule has 2 heterocycles. The second-order valence-corrected chi connectivity index (χ2v) is 9.15. The van der Waals surface area contributed by atoms with Gasteiger partial charge < -0.3 is 4.74 Å². The Morgan fingerprint density at radius 1 is 1.16 bits per heavy atom. The van der Waals surface area contributed by atoms with E-state index in [1.807, 2.05) is 43.0 Å². The van der Waals surface area contributed by atoms with E-state index in [9.17, 15) is 4.79 Å². The van der Waals surface area contributed by atoms with Gasteiger partial charge in [0.05, 0.1) is 5.69 Å². The van der Waals surface area contributed by atoms with Crippen molar-refractivity contribution in [1.29, 1.82) is 0 Å². The standard InChI is InChI=1S/C27H33N3O2/c1-19-9-10-22(18-28-19)27-17-24(30(2)29-27)16-25(31)15-23-13-20(11-12-32-3)14-26(23)21-7-5-4-6-8-21/h4-10,17-18,20,23,26H,11-16H2,1-3H3/t20-,23+,26+/m1/s1. The Morgan fingerprint density at radius 2 is 1.97 bits per heavy atom. The summed E-state index contributed by atoms with van der Waals surface area (Å²) in [4.78, 5) is 17.5. The summed E-state index contributed by atoms with van der Waals surface area (Å²) < 4.78 is 7.15. The number of pyridine rings is 1. The summed E-state index contributed by atoms with van der Waals surface area (Å²) in [6.45, 7) is 2.76. The lowest BCUT2D eigenvalue weighted by molar-refractivity contribution is -0.119. The van der Waals surface area contributed by atoms with E-state index in [0.29, 0.717) is 36.4 Å². The molecule has 3 atom stereocenters. The van der Waals surface area contributed by atoms with Gasteiger partial charge in [-0.2, -0.15) is 5.10 Å². The zero-order valence-electron chi connectivity index (χ0n) is 19.3. The second-order valence-electron chi connectivity index (χ2n) is 9.15. The van der Waals surface area contributed by atoms with E-state index in [0.717, 1.165) is 48.5 Å². The van der Waals surface area contributed by atoms with Crippen LogP contribution in [0.25, 0.3) is 11.3 Å². The number of aryl methyl sites for hydroxylation is 2. The highest BCUT2D eigenvalue weighted by Gasteiger charge is 2.36. The molecule has 1 fully saturated rings. The Hall–Kier alpha value is -2.79. The first kappa shape index (κ1) is 22.4. The van der Waals surface area contributed by atoms with E-state index < -0.39 is 0 Å². The van der Waals surface area contributed by atoms with Crippen molar-refractivity contribution in [3.63, 3.8) is 0 Å². The molecular formula is C27H33N3O2. The molecule has 168 valence electrons. The van der Waals surface area contributed by atoms with Crippen LogP contribution in [-0.2, 0) is 23.0 Å². The summed E-state index contributed by atoms with van der Waals surface area (Å²) in [7, 11) is 3.68. The predicted octanol–water partition coefficient (Wildman–Crippen LogP) is 5.14. The Labute approximate surface area is 190 Å². The lowest BCUT2D eigenvalue weighted by Crippen LogP contribution is -2.15. The normalized spacial score (nSPS) is 20.5. The molecule has 0 unspecified atom stereocenters. The van der Waals surface area contributed by atoms with Crippen molar-refractivity contribution in [3.8, 4) is 11.3 Å². The van der Waals surface area contributed by atoms with E-state index in [-0.39, 0.29) is 0 Å². The van der Waals surface area contributed by atoms with E-state index in [1.54, 1.807) is 7.11 Å². The van der Waals surface area contributed by atoms with Crippen molar-refractivity contribution in [3.05, 3.63) is 71.7 Å². The quantitative estimate of drug-likeness (QED) is 0.471. The third-order valence-corrected chi connectivity index (χ3v) is 6.80. The third-order valence-electron chi connectivity index (χ3n) is 6.80. The molecule has 2 aromatic heterocycles. The molecule has 0 radical (unpaired) electrons. The number of Topliss-reactive ketones (excluding diaryl/α,β-unsaturated/α-hetero) is 1. The summed E-state index contributed by atoms with van der Waals surface area (Å²) in [5.74, 6) is 1.75. The van der Waals surface area contributed by atoms with Gasteiger partial charge in [0.25, 0.3) is 0 Å². The van der Waals surface area contributed by atoms with Crippen LogP contribution in [0.2, 0.25) is 0 Å². The predicted molar refractivity (Wildman–Crippen MR) is 126 cm³/mol. The molecule has 5 nitrogen and oxygen atoms in total. The number of ether oxygens (including phenoxy) is 1. The first-order valence-electron chi connectivity index (χ1n) is 11.5. The number of rotatable bonds is 9. The van der Waals surface area contributed by atoms with E-state index >= 15 is 0 Å². The van der Waals surface area contributed by atoms with Gasteiger partial charge in [-0.1, -0.05) is 30.3 Å². The van der Waals surface area contributed by atoms with Crippen LogP contribution in [-0.4, -0.2) is 34.3 Å². The highest BCUT2D eigenvalue weighted by molar-refractivity contribution is 5.81. The number of hydrogen-bond donors (Lipinski definition) is 0. The van der Waals surface area contributed by atoms with Gasteiger partial charge in [0, 0.05) is 56.8 Å². The Kier molecular flexibility index (Phi) is 7.15. The summed E-state index contributed by atoms with van der Waals surface area (Å²) >= 11 is 0. The molecule has 0 aliphatic heterocycles.